The van der Waals surface area contributed by atoms with Crippen LogP contribution in [0.1, 0.15) is 33.6 Å². The van der Waals surface area contributed by atoms with Gasteiger partial charge in [-0.3, -0.25) is 0 Å². The third kappa shape index (κ3) is 5.01. The molecule has 5 nitrogen and oxygen atoms in total. The molecule has 0 aromatic heterocycles. The van der Waals surface area contributed by atoms with E-state index in [2.05, 4.69) is 10.2 Å². The van der Waals surface area contributed by atoms with Gasteiger partial charge in [-0.2, -0.15) is 0 Å². The van der Waals surface area contributed by atoms with Crippen molar-refractivity contribution >= 4 is 29.0 Å². The van der Waals surface area contributed by atoms with E-state index in [0.29, 0.717) is 17.3 Å². The highest BCUT2D eigenvalue weighted by Gasteiger charge is 2.22. The standard InChI is InChI=1S/C17H26ClN3O2/c1-4-20(12-17(2,3)23)16(22)19-13-7-8-15(14(18)11-13)21-9-5-6-10-21/h7-8,11,23H,4-6,9-10,12H2,1-3H3,(H,19,22). The van der Waals surface area contributed by atoms with E-state index in [1.54, 1.807) is 24.8 Å². The lowest BCUT2D eigenvalue weighted by molar-refractivity contribution is 0.0501. The number of halogens is 1. The number of carbonyl (C=O) groups is 1. The molecule has 2 amide bonds. The summed E-state index contributed by atoms with van der Waals surface area (Å²) in [4.78, 5) is 16.2. The average molecular weight is 340 g/mol. The van der Waals surface area contributed by atoms with Crippen molar-refractivity contribution in [2.75, 3.05) is 36.4 Å². The molecule has 0 saturated carbocycles. The van der Waals surface area contributed by atoms with Gasteiger partial charge in [0.25, 0.3) is 0 Å². The summed E-state index contributed by atoms with van der Waals surface area (Å²) in [5.41, 5.74) is 0.757. The number of carbonyl (C=O) groups excluding carboxylic acids is 1. The van der Waals surface area contributed by atoms with Crippen molar-refractivity contribution in [3.05, 3.63) is 23.2 Å². The molecule has 1 aromatic rings. The molecule has 1 aliphatic rings. The third-order valence-electron chi connectivity index (χ3n) is 3.89. The Kier molecular flexibility index (Phi) is 5.76. The topological polar surface area (TPSA) is 55.8 Å². The number of nitrogens with zero attached hydrogens (tertiary/aromatic N) is 2. The minimum Gasteiger partial charge on any atom is -0.389 e. The van der Waals surface area contributed by atoms with E-state index < -0.39 is 5.60 Å². The summed E-state index contributed by atoms with van der Waals surface area (Å²) in [6, 6.07) is 5.37. The van der Waals surface area contributed by atoms with Gasteiger partial charge in [-0.15, -0.1) is 0 Å². The summed E-state index contributed by atoms with van der Waals surface area (Å²) in [6.45, 7) is 8.11. The Labute approximate surface area is 143 Å². The zero-order chi connectivity index (χ0) is 17.0. The number of rotatable bonds is 5. The summed E-state index contributed by atoms with van der Waals surface area (Å²) in [6.07, 6.45) is 2.38. The van der Waals surface area contributed by atoms with Gasteiger partial charge in [0.1, 0.15) is 0 Å². The van der Waals surface area contributed by atoms with Crippen LogP contribution in [-0.4, -0.2) is 47.8 Å². The number of amides is 2. The number of anilines is 2. The van der Waals surface area contributed by atoms with E-state index in [0.717, 1.165) is 18.8 Å². The second kappa shape index (κ2) is 7.41. The fourth-order valence-electron chi connectivity index (χ4n) is 2.80. The first kappa shape index (κ1) is 17.9. The van der Waals surface area contributed by atoms with Gasteiger partial charge in [0.15, 0.2) is 0 Å². The van der Waals surface area contributed by atoms with Crippen LogP contribution in [0, 0.1) is 0 Å². The van der Waals surface area contributed by atoms with Gasteiger partial charge < -0.3 is 20.2 Å². The number of nitrogens with one attached hydrogen (secondary N) is 1. The summed E-state index contributed by atoms with van der Waals surface area (Å²) >= 11 is 6.37. The molecule has 0 atom stereocenters. The Morgan fingerprint density at radius 1 is 1.39 bits per heavy atom. The van der Waals surface area contributed by atoms with E-state index in [1.807, 2.05) is 19.1 Å². The van der Waals surface area contributed by atoms with Crippen LogP contribution in [0.25, 0.3) is 0 Å². The van der Waals surface area contributed by atoms with Crippen molar-refractivity contribution in [1.82, 2.24) is 4.90 Å². The number of hydrogen-bond acceptors (Lipinski definition) is 3. The molecule has 0 bridgehead atoms. The molecular weight excluding hydrogens is 314 g/mol. The van der Waals surface area contributed by atoms with Gasteiger partial charge in [-0.1, -0.05) is 11.6 Å². The van der Waals surface area contributed by atoms with Gasteiger partial charge in [0.2, 0.25) is 0 Å². The lowest BCUT2D eigenvalue weighted by Gasteiger charge is -2.28. The summed E-state index contributed by atoms with van der Waals surface area (Å²) in [5, 5.41) is 13.4. The SMILES string of the molecule is CCN(CC(C)(C)O)C(=O)Nc1ccc(N2CCCC2)c(Cl)c1. The minimum atomic E-state index is -0.926. The molecule has 128 valence electrons. The van der Waals surface area contributed by atoms with E-state index in [-0.39, 0.29) is 12.6 Å². The highest BCUT2D eigenvalue weighted by atomic mass is 35.5. The van der Waals surface area contributed by atoms with Crippen molar-refractivity contribution in [3.63, 3.8) is 0 Å². The second-order valence-electron chi connectivity index (χ2n) is 6.62. The molecule has 23 heavy (non-hydrogen) atoms. The fourth-order valence-corrected chi connectivity index (χ4v) is 3.10. The Hall–Kier alpha value is -1.46. The van der Waals surface area contributed by atoms with Crippen LogP contribution in [0.3, 0.4) is 0 Å². The van der Waals surface area contributed by atoms with Crippen molar-refractivity contribution in [2.24, 2.45) is 0 Å². The molecular formula is C17H26ClN3O2. The third-order valence-corrected chi connectivity index (χ3v) is 4.20. The molecule has 0 aliphatic carbocycles. The average Bonchev–Trinajstić information content (AvgIpc) is 2.97. The Balaban J connectivity index is 2.04. The first-order chi connectivity index (χ1) is 10.8. The van der Waals surface area contributed by atoms with E-state index in [9.17, 15) is 9.90 Å². The van der Waals surface area contributed by atoms with E-state index in [1.165, 1.54) is 12.8 Å². The van der Waals surface area contributed by atoms with Crippen LogP contribution in [0.5, 0.6) is 0 Å². The number of benzene rings is 1. The van der Waals surface area contributed by atoms with Gasteiger partial charge >= 0.3 is 6.03 Å². The maximum Gasteiger partial charge on any atom is 0.321 e. The van der Waals surface area contributed by atoms with Gasteiger partial charge in [0.05, 0.1) is 22.9 Å². The molecule has 1 aromatic carbocycles. The zero-order valence-corrected chi connectivity index (χ0v) is 14.9. The monoisotopic (exact) mass is 339 g/mol. The highest BCUT2D eigenvalue weighted by molar-refractivity contribution is 6.33. The van der Waals surface area contributed by atoms with Crippen LogP contribution >= 0.6 is 11.6 Å². The number of likely N-dealkylation sites (N-methyl/N-ethyl adjacent to an activating group) is 1. The molecule has 6 heteroatoms. The molecule has 0 unspecified atom stereocenters. The number of aliphatic hydroxyl groups is 1. The lowest BCUT2D eigenvalue weighted by Crippen LogP contribution is -2.44. The van der Waals surface area contributed by atoms with Crippen LogP contribution in [-0.2, 0) is 0 Å². The van der Waals surface area contributed by atoms with Crippen molar-refractivity contribution < 1.29 is 9.90 Å². The summed E-state index contributed by atoms with van der Waals surface area (Å²) in [5.74, 6) is 0. The number of hydrogen-bond donors (Lipinski definition) is 2. The Morgan fingerprint density at radius 2 is 2.04 bits per heavy atom. The van der Waals surface area contributed by atoms with Gasteiger partial charge in [-0.05, 0) is 51.8 Å². The maximum atomic E-state index is 12.3. The molecule has 2 N–H and O–H groups in total. The first-order valence-electron chi connectivity index (χ1n) is 8.13. The van der Waals surface area contributed by atoms with Crippen LogP contribution in [0.15, 0.2) is 18.2 Å². The second-order valence-corrected chi connectivity index (χ2v) is 7.02. The van der Waals surface area contributed by atoms with Crippen LogP contribution in [0.4, 0.5) is 16.2 Å². The van der Waals surface area contributed by atoms with Gasteiger partial charge in [-0.25, -0.2) is 4.79 Å². The minimum absolute atomic E-state index is 0.236. The predicted molar refractivity (Wildman–Crippen MR) is 95.5 cm³/mol. The highest BCUT2D eigenvalue weighted by Crippen LogP contribution is 2.31. The van der Waals surface area contributed by atoms with E-state index >= 15 is 0 Å². The van der Waals surface area contributed by atoms with Crippen molar-refractivity contribution in [3.8, 4) is 0 Å². The molecule has 2 rings (SSSR count). The van der Waals surface area contributed by atoms with Gasteiger partial charge in [0, 0.05) is 25.3 Å². The largest absolute Gasteiger partial charge is 0.389 e. The quantitative estimate of drug-likeness (QED) is 0.862. The summed E-state index contributed by atoms with van der Waals surface area (Å²) < 4.78 is 0. The zero-order valence-electron chi connectivity index (χ0n) is 14.1. The van der Waals surface area contributed by atoms with Crippen LogP contribution < -0.4 is 10.2 Å². The Morgan fingerprint density at radius 3 is 2.57 bits per heavy atom. The maximum absolute atomic E-state index is 12.3. The Bertz CT molecular complexity index is 551. The van der Waals surface area contributed by atoms with E-state index in [4.69, 9.17) is 11.6 Å². The number of urea groups is 1. The molecule has 1 aliphatic heterocycles. The molecule has 0 radical (unpaired) electrons. The molecule has 0 spiro atoms. The molecule has 1 heterocycles. The first-order valence-corrected chi connectivity index (χ1v) is 8.51. The summed E-state index contributed by atoms with van der Waals surface area (Å²) in [7, 11) is 0. The predicted octanol–water partition coefficient (Wildman–Crippen LogP) is 3.56. The van der Waals surface area contributed by atoms with Crippen LogP contribution in [0.2, 0.25) is 5.02 Å². The smallest absolute Gasteiger partial charge is 0.321 e. The molecule has 1 fully saturated rings. The molecule has 1 saturated heterocycles. The normalized spacial score (nSPS) is 14.9. The van der Waals surface area contributed by atoms with Crippen molar-refractivity contribution in [2.45, 2.75) is 39.2 Å². The van der Waals surface area contributed by atoms with Crippen molar-refractivity contribution in [1.29, 1.82) is 0 Å². The fraction of sp³-hybridized carbons (Fsp3) is 0.588. The lowest BCUT2D eigenvalue weighted by atomic mass is 10.1.